The Morgan fingerprint density at radius 2 is 1.85 bits per heavy atom. The molecule has 0 spiro atoms. The van der Waals surface area contributed by atoms with Crippen molar-refractivity contribution in [3.05, 3.63) is 22.7 Å². The van der Waals surface area contributed by atoms with Crippen LogP contribution in [0.15, 0.2) is 12.1 Å². The lowest BCUT2D eigenvalue weighted by molar-refractivity contribution is -0.129. The highest BCUT2D eigenvalue weighted by molar-refractivity contribution is 6.33. The summed E-state index contributed by atoms with van der Waals surface area (Å²) in [6, 6.07) is 2.95. The zero-order valence-electron chi connectivity index (χ0n) is 16.1. The number of benzene rings is 1. The summed E-state index contributed by atoms with van der Waals surface area (Å²) in [6.07, 6.45) is 0. The number of hydrogen-bond donors (Lipinski definition) is 2. The minimum absolute atomic E-state index is 0. The largest absolute Gasteiger partial charge is 0.479 e. The second-order valence-electron chi connectivity index (χ2n) is 6.32. The van der Waals surface area contributed by atoms with Crippen molar-refractivity contribution in [2.24, 2.45) is 0 Å². The summed E-state index contributed by atoms with van der Waals surface area (Å²) in [6.45, 7) is 11.9. The van der Waals surface area contributed by atoms with Crippen LogP contribution in [0.3, 0.4) is 0 Å². The molecule has 0 aliphatic carbocycles. The molecule has 1 aromatic rings. The maximum atomic E-state index is 12.5. The molecule has 0 unspecified atom stereocenters. The predicted octanol–water partition coefficient (Wildman–Crippen LogP) is 1.92. The van der Waals surface area contributed by atoms with E-state index >= 15 is 0 Å². The van der Waals surface area contributed by atoms with Gasteiger partial charge in [-0.25, -0.2) is 0 Å². The summed E-state index contributed by atoms with van der Waals surface area (Å²) in [7, 11) is 0. The van der Waals surface area contributed by atoms with Crippen LogP contribution in [0, 0.1) is 0 Å². The molecule has 7 nitrogen and oxygen atoms in total. The molecule has 8 heteroatoms. The van der Waals surface area contributed by atoms with E-state index in [0.717, 1.165) is 19.6 Å². The minimum Gasteiger partial charge on any atom is -0.479 e. The first-order valence-corrected chi connectivity index (χ1v) is 8.79. The Morgan fingerprint density at radius 3 is 2.35 bits per heavy atom. The molecule has 0 saturated heterocycles. The van der Waals surface area contributed by atoms with Gasteiger partial charge < -0.3 is 26.2 Å². The summed E-state index contributed by atoms with van der Waals surface area (Å²) in [5.74, 6) is -0.236. The van der Waals surface area contributed by atoms with Crippen molar-refractivity contribution in [3.8, 4) is 5.75 Å². The number of likely N-dealkylation sites (N-methyl/N-ethyl adjacent to an activating group) is 1. The quantitative estimate of drug-likeness (QED) is 0.628. The molecule has 1 amide bonds. The van der Waals surface area contributed by atoms with Crippen molar-refractivity contribution < 1.29 is 19.8 Å². The van der Waals surface area contributed by atoms with E-state index in [-0.39, 0.29) is 39.2 Å². The molecule has 0 bridgehead atoms. The number of carbonyl (C=O) groups excluding carboxylic acids is 2. The third-order valence-corrected chi connectivity index (χ3v) is 4.49. The zero-order valence-corrected chi connectivity index (χ0v) is 16.9. The maximum Gasteiger partial charge on any atom is 0.255 e. The summed E-state index contributed by atoms with van der Waals surface area (Å²) in [4.78, 5) is 26.5. The first-order valence-electron chi connectivity index (χ1n) is 8.42. The van der Waals surface area contributed by atoms with Gasteiger partial charge in [0.05, 0.1) is 16.3 Å². The molecule has 0 atom stereocenters. The SMILES string of the molecule is CCN(CC)CCNC(=O)c1cc(Cl)c(N)cc1OC(C)(C)C(C)=O.O. The summed E-state index contributed by atoms with van der Waals surface area (Å²) < 4.78 is 5.76. The van der Waals surface area contributed by atoms with Gasteiger partial charge in [0.25, 0.3) is 5.91 Å². The van der Waals surface area contributed by atoms with Gasteiger partial charge >= 0.3 is 0 Å². The molecule has 0 fully saturated rings. The second-order valence-corrected chi connectivity index (χ2v) is 6.73. The Balaban J connectivity index is 0.00000625. The number of halogens is 1. The van der Waals surface area contributed by atoms with Crippen molar-refractivity contribution in [2.45, 2.75) is 40.2 Å². The average molecular weight is 388 g/mol. The van der Waals surface area contributed by atoms with E-state index in [9.17, 15) is 9.59 Å². The van der Waals surface area contributed by atoms with Gasteiger partial charge in [0, 0.05) is 19.2 Å². The number of amides is 1. The van der Waals surface area contributed by atoms with Crippen molar-refractivity contribution in [2.75, 3.05) is 31.9 Å². The maximum absolute atomic E-state index is 12.5. The van der Waals surface area contributed by atoms with Crippen LogP contribution in [0.4, 0.5) is 5.69 Å². The Kier molecular flexibility index (Phi) is 9.62. The molecule has 0 saturated carbocycles. The highest BCUT2D eigenvalue weighted by Gasteiger charge is 2.28. The number of carbonyl (C=O) groups is 2. The third-order valence-electron chi connectivity index (χ3n) is 4.16. The monoisotopic (exact) mass is 387 g/mol. The van der Waals surface area contributed by atoms with Crippen LogP contribution in [-0.2, 0) is 4.79 Å². The van der Waals surface area contributed by atoms with Crippen LogP contribution in [0.5, 0.6) is 5.75 Å². The van der Waals surface area contributed by atoms with Crippen LogP contribution in [0.25, 0.3) is 0 Å². The van der Waals surface area contributed by atoms with E-state index in [1.807, 2.05) is 0 Å². The lowest BCUT2D eigenvalue weighted by atomic mass is 10.0. The van der Waals surface area contributed by atoms with Crippen molar-refractivity contribution in [3.63, 3.8) is 0 Å². The van der Waals surface area contributed by atoms with E-state index in [2.05, 4.69) is 24.1 Å². The molecule has 0 aliphatic rings. The fraction of sp³-hybridized carbons (Fsp3) is 0.556. The number of nitrogens with one attached hydrogen (secondary N) is 1. The van der Waals surface area contributed by atoms with Gasteiger partial charge in [-0.2, -0.15) is 0 Å². The van der Waals surface area contributed by atoms with E-state index in [1.165, 1.54) is 19.1 Å². The first kappa shape index (κ1) is 24.2. The molecule has 0 aromatic heterocycles. The Hall–Kier alpha value is -1.83. The normalized spacial score (nSPS) is 11.0. The van der Waals surface area contributed by atoms with Crippen molar-refractivity contribution in [1.82, 2.24) is 10.2 Å². The number of Topliss-reactive ketones (excluding diaryl/α,β-unsaturated/α-hetero) is 1. The van der Waals surface area contributed by atoms with Crippen molar-refractivity contribution in [1.29, 1.82) is 0 Å². The number of ether oxygens (including phenoxy) is 1. The topological polar surface area (TPSA) is 116 Å². The lowest BCUT2D eigenvalue weighted by Gasteiger charge is -2.25. The van der Waals surface area contributed by atoms with Crippen LogP contribution >= 0.6 is 11.6 Å². The van der Waals surface area contributed by atoms with E-state index in [0.29, 0.717) is 6.54 Å². The number of ketones is 1. The van der Waals surface area contributed by atoms with Crippen LogP contribution in [-0.4, -0.2) is 53.8 Å². The fourth-order valence-electron chi connectivity index (χ4n) is 2.14. The highest BCUT2D eigenvalue weighted by Crippen LogP contribution is 2.31. The number of nitrogens with two attached hydrogens (primary N) is 1. The molecule has 0 aliphatic heterocycles. The van der Waals surface area contributed by atoms with E-state index in [1.54, 1.807) is 13.8 Å². The van der Waals surface area contributed by atoms with Gasteiger partial charge in [0.1, 0.15) is 5.75 Å². The molecule has 1 aromatic carbocycles. The standard InChI is InChI=1S/C18H28ClN3O3.H2O/c1-6-22(7-2)9-8-21-17(24)13-10-14(19)15(20)11-16(13)25-18(4,5)12(3)23;/h10-11H,6-9,20H2,1-5H3,(H,21,24);1H2. The Labute approximate surface area is 160 Å². The molecule has 1 rings (SSSR count). The van der Waals surface area contributed by atoms with Gasteiger partial charge in [-0.1, -0.05) is 25.4 Å². The highest BCUT2D eigenvalue weighted by atomic mass is 35.5. The molecule has 0 radical (unpaired) electrons. The van der Waals surface area contributed by atoms with Crippen LogP contribution in [0.1, 0.15) is 45.0 Å². The van der Waals surface area contributed by atoms with Crippen LogP contribution in [0.2, 0.25) is 5.02 Å². The summed E-state index contributed by atoms with van der Waals surface area (Å²) in [5, 5.41) is 3.12. The molecule has 26 heavy (non-hydrogen) atoms. The number of nitrogens with zero attached hydrogens (tertiary/aromatic N) is 1. The minimum atomic E-state index is -1.07. The van der Waals surface area contributed by atoms with Crippen molar-refractivity contribution >= 4 is 29.0 Å². The first-order chi connectivity index (χ1) is 11.6. The number of anilines is 1. The Morgan fingerprint density at radius 1 is 1.27 bits per heavy atom. The van der Waals surface area contributed by atoms with Gasteiger partial charge in [-0.3, -0.25) is 9.59 Å². The van der Waals surface area contributed by atoms with E-state index in [4.69, 9.17) is 22.1 Å². The lowest BCUT2D eigenvalue weighted by Crippen LogP contribution is -2.38. The van der Waals surface area contributed by atoms with Gasteiger partial charge in [0.15, 0.2) is 11.4 Å². The Bertz CT molecular complexity index is 631. The molecular formula is C18H30ClN3O4. The number of nitrogen functional groups attached to an aromatic ring is 1. The molecule has 148 valence electrons. The van der Waals surface area contributed by atoms with Gasteiger partial charge in [-0.05, 0) is 39.9 Å². The molecule has 5 N–H and O–H groups in total. The summed E-state index contributed by atoms with van der Waals surface area (Å²) in [5.41, 5.74) is 5.30. The third kappa shape index (κ3) is 6.48. The summed E-state index contributed by atoms with van der Waals surface area (Å²) >= 11 is 6.06. The average Bonchev–Trinajstić information content (AvgIpc) is 2.54. The van der Waals surface area contributed by atoms with Gasteiger partial charge in [-0.15, -0.1) is 0 Å². The van der Waals surface area contributed by atoms with E-state index < -0.39 is 5.60 Å². The smallest absolute Gasteiger partial charge is 0.255 e. The number of rotatable bonds is 9. The number of hydrogen-bond acceptors (Lipinski definition) is 5. The van der Waals surface area contributed by atoms with Crippen LogP contribution < -0.4 is 15.8 Å². The zero-order chi connectivity index (χ0) is 19.2. The fourth-order valence-corrected chi connectivity index (χ4v) is 2.30. The molecular weight excluding hydrogens is 358 g/mol. The second kappa shape index (κ2) is 10.4. The molecule has 0 heterocycles. The van der Waals surface area contributed by atoms with Gasteiger partial charge in [0.2, 0.25) is 0 Å². The predicted molar refractivity (Wildman–Crippen MR) is 105 cm³/mol.